The lowest BCUT2D eigenvalue weighted by Crippen LogP contribution is -2.20. The molecule has 0 aliphatic heterocycles. The quantitative estimate of drug-likeness (QED) is 0.784. The van der Waals surface area contributed by atoms with Gasteiger partial charge >= 0.3 is 5.97 Å². The van der Waals surface area contributed by atoms with Crippen molar-refractivity contribution >= 4 is 17.7 Å². The molecule has 1 aliphatic carbocycles. The highest BCUT2D eigenvalue weighted by atomic mass is 32.2. The highest BCUT2D eigenvalue weighted by molar-refractivity contribution is 8.01. The first-order valence-electron chi connectivity index (χ1n) is 5.95. The molecule has 2 rings (SSSR count). The van der Waals surface area contributed by atoms with E-state index in [-0.39, 0.29) is 10.7 Å². The Bertz CT molecular complexity index is 478. The Kier molecular flexibility index (Phi) is 3.57. The van der Waals surface area contributed by atoms with Crippen LogP contribution in [-0.4, -0.2) is 24.9 Å². The molecular formula is C14H18O3S. The maximum atomic E-state index is 11.8. The number of rotatable bonds is 4. The molecule has 1 saturated carbocycles. The number of ether oxygens (including phenoxy) is 2. The molecule has 1 aromatic rings. The van der Waals surface area contributed by atoms with Crippen LogP contribution >= 0.6 is 11.8 Å². The molecule has 1 aliphatic rings. The van der Waals surface area contributed by atoms with Crippen molar-refractivity contribution in [1.29, 1.82) is 0 Å². The van der Waals surface area contributed by atoms with Crippen LogP contribution in [0.3, 0.4) is 0 Å². The number of methoxy groups -OCH3 is 2. The van der Waals surface area contributed by atoms with Gasteiger partial charge in [0.15, 0.2) is 0 Å². The molecule has 0 unspecified atom stereocenters. The summed E-state index contributed by atoms with van der Waals surface area (Å²) in [6.07, 6.45) is 1.80. The first-order valence-corrected chi connectivity index (χ1v) is 6.77. The summed E-state index contributed by atoms with van der Waals surface area (Å²) < 4.78 is 9.83. The van der Waals surface area contributed by atoms with Crippen LogP contribution in [0.25, 0.3) is 0 Å². The van der Waals surface area contributed by atoms with E-state index < -0.39 is 0 Å². The van der Waals surface area contributed by atoms with Gasteiger partial charge in [0.1, 0.15) is 10.5 Å². The first-order chi connectivity index (χ1) is 8.52. The van der Waals surface area contributed by atoms with E-state index in [4.69, 9.17) is 9.47 Å². The van der Waals surface area contributed by atoms with E-state index in [1.807, 2.05) is 19.9 Å². The van der Waals surface area contributed by atoms with Gasteiger partial charge in [0.25, 0.3) is 0 Å². The van der Waals surface area contributed by atoms with Gasteiger partial charge in [-0.05, 0) is 49.9 Å². The SMILES string of the molecule is COC(=O)C1(Sc2cc(C)c(OC)cc2C)CC1. The second-order valence-electron chi connectivity index (χ2n) is 4.68. The molecule has 0 heterocycles. The van der Waals surface area contributed by atoms with Gasteiger partial charge in [0, 0.05) is 4.90 Å². The van der Waals surface area contributed by atoms with Crippen LogP contribution in [0.1, 0.15) is 24.0 Å². The lowest BCUT2D eigenvalue weighted by molar-refractivity contribution is -0.140. The molecule has 1 fully saturated rings. The van der Waals surface area contributed by atoms with Crippen molar-refractivity contribution in [3.63, 3.8) is 0 Å². The van der Waals surface area contributed by atoms with Crippen LogP contribution in [0, 0.1) is 13.8 Å². The number of hydrogen-bond acceptors (Lipinski definition) is 4. The van der Waals surface area contributed by atoms with Gasteiger partial charge in [-0.25, -0.2) is 0 Å². The topological polar surface area (TPSA) is 35.5 Å². The molecular weight excluding hydrogens is 248 g/mol. The number of hydrogen-bond donors (Lipinski definition) is 0. The van der Waals surface area contributed by atoms with Crippen molar-refractivity contribution in [1.82, 2.24) is 0 Å². The van der Waals surface area contributed by atoms with E-state index in [1.165, 1.54) is 7.11 Å². The summed E-state index contributed by atoms with van der Waals surface area (Å²) in [5.74, 6) is 0.778. The van der Waals surface area contributed by atoms with Gasteiger partial charge in [-0.1, -0.05) is 0 Å². The number of carbonyl (C=O) groups excluding carboxylic acids is 1. The Hall–Kier alpha value is -1.16. The lowest BCUT2D eigenvalue weighted by Gasteiger charge is -2.15. The van der Waals surface area contributed by atoms with E-state index in [9.17, 15) is 4.79 Å². The smallest absolute Gasteiger partial charge is 0.322 e. The Morgan fingerprint density at radius 1 is 1.22 bits per heavy atom. The van der Waals surface area contributed by atoms with Gasteiger partial charge in [-0.3, -0.25) is 4.79 Å². The third-order valence-corrected chi connectivity index (χ3v) is 4.88. The first kappa shape index (κ1) is 13.3. The van der Waals surface area contributed by atoms with Crippen LogP contribution < -0.4 is 4.74 Å². The molecule has 3 nitrogen and oxygen atoms in total. The largest absolute Gasteiger partial charge is 0.496 e. The molecule has 18 heavy (non-hydrogen) atoms. The minimum atomic E-state index is -0.347. The minimum absolute atomic E-state index is 0.111. The average Bonchev–Trinajstić information content (AvgIpc) is 3.13. The van der Waals surface area contributed by atoms with Gasteiger partial charge < -0.3 is 9.47 Å². The maximum Gasteiger partial charge on any atom is 0.322 e. The monoisotopic (exact) mass is 266 g/mol. The fraction of sp³-hybridized carbons (Fsp3) is 0.500. The van der Waals surface area contributed by atoms with E-state index >= 15 is 0 Å². The summed E-state index contributed by atoms with van der Waals surface area (Å²) in [6.45, 7) is 4.05. The number of aryl methyl sites for hydroxylation is 2. The fourth-order valence-electron chi connectivity index (χ4n) is 1.95. The van der Waals surface area contributed by atoms with Gasteiger partial charge in [0.05, 0.1) is 14.2 Å². The third kappa shape index (κ3) is 2.34. The second kappa shape index (κ2) is 4.84. The zero-order valence-corrected chi connectivity index (χ0v) is 12.0. The molecule has 0 N–H and O–H groups in total. The summed E-state index contributed by atoms with van der Waals surface area (Å²) >= 11 is 1.62. The zero-order chi connectivity index (χ0) is 13.3. The van der Waals surface area contributed by atoms with Crippen molar-refractivity contribution in [2.75, 3.05) is 14.2 Å². The average molecular weight is 266 g/mol. The molecule has 4 heteroatoms. The van der Waals surface area contributed by atoms with Crippen LogP contribution in [0.15, 0.2) is 17.0 Å². The van der Waals surface area contributed by atoms with Gasteiger partial charge in [0.2, 0.25) is 0 Å². The number of esters is 1. The molecule has 0 atom stereocenters. The van der Waals surface area contributed by atoms with Crippen LogP contribution in [0.5, 0.6) is 5.75 Å². The molecule has 0 spiro atoms. The van der Waals surface area contributed by atoms with E-state index in [0.29, 0.717) is 0 Å². The Morgan fingerprint density at radius 2 is 1.89 bits per heavy atom. The molecule has 98 valence electrons. The van der Waals surface area contributed by atoms with Crippen LogP contribution in [0.4, 0.5) is 0 Å². The Labute approximate surface area is 112 Å². The third-order valence-electron chi connectivity index (χ3n) is 3.26. The summed E-state index contributed by atoms with van der Waals surface area (Å²) in [5, 5.41) is 0. The summed E-state index contributed by atoms with van der Waals surface area (Å²) in [7, 11) is 3.13. The highest BCUT2D eigenvalue weighted by Crippen LogP contribution is 2.53. The van der Waals surface area contributed by atoms with Crippen molar-refractivity contribution < 1.29 is 14.3 Å². The van der Waals surface area contributed by atoms with Gasteiger partial charge in [-0.15, -0.1) is 11.8 Å². The van der Waals surface area contributed by atoms with Crippen LogP contribution in [-0.2, 0) is 9.53 Å². The molecule has 0 radical (unpaired) electrons. The zero-order valence-electron chi connectivity index (χ0n) is 11.2. The number of carbonyl (C=O) groups is 1. The van der Waals surface area contributed by atoms with Crippen molar-refractivity contribution in [2.24, 2.45) is 0 Å². The summed E-state index contributed by atoms with van der Waals surface area (Å²) in [6, 6.07) is 4.10. The highest BCUT2D eigenvalue weighted by Gasteiger charge is 2.52. The Morgan fingerprint density at radius 3 is 2.39 bits per heavy atom. The fourth-order valence-corrected chi connectivity index (χ4v) is 3.30. The molecule has 0 aromatic heterocycles. The minimum Gasteiger partial charge on any atom is -0.496 e. The summed E-state index contributed by atoms with van der Waals surface area (Å²) in [5.41, 5.74) is 2.23. The molecule has 1 aromatic carbocycles. The predicted octanol–water partition coefficient (Wildman–Crippen LogP) is 3.11. The van der Waals surface area contributed by atoms with Gasteiger partial charge in [-0.2, -0.15) is 0 Å². The lowest BCUT2D eigenvalue weighted by atomic mass is 10.1. The van der Waals surface area contributed by atoms with E-state index in [0.717, 1.165) is 34.6 Å². The van der Waals surface area contributed by atoms with Crippen molar-refractivity contribution in [3.05, 3.63) is 23.3 Å². The van der Waals surface area contributed by atoms with Crippen molar-refractivity contribution in [3.8, 4) is 5.75 Å². The normalized spacial score (nSPS) is 16.2. The van der Waals surface area contributed by atoms with E-state index in [2.05, 4.69) is 6.07 Å². The molecule has 0 bridgehead atoms. The number of thioether (sulfide) groups is 1. The second-order valence-corrected chi connectivity index (χ2v) is 6.10. The molecule has 0 saturated heterocycles. The van der Waals surface area contributed by atoms with Crippen LogP contribution in [0.2, 0.25) is 0 Å². The number of benzene rings is 1. The Balaban J connectivity index is 2.25. The van der Waals surface area contributed by atoms with E-state index in [1.54, 1.807) is 18.9 Å². The standard InChI is InChI=1S/C14H18O3S/c1-9-8-12(10(2)7-11(9)16-3)18-14(5-6-14)13(15)17-4/h7-8H,5-6H2,1-4H3. The molecule has 0 amide bonds. The van der Waals surface area contributed by atoms with Crippen molar-refractivity contribution in [2.45, 2.75) is 36.3 Å². The summed E-state index contributed by atoms with van der Waals surface area (Å²) in [4.78, 5) is 12.9. The predicted molar refractivity (Wildman–Crippen MR) is 72.3 cm³/mol. The maximum absolute atomic E-state index is 11.8.